The lowest BCUT2D eigenvalue weighted by molar-refractivity contribution is 0.401. The highest BCUT2D eigenvalue weighted by molar-refractivity contribution is 7.16. The van der Waals surface area contributed by atoms with Crippen molar-refractivity contribution in [3.05, 3.63) is 0 Å². The summed E-state index contributed by atoms with van der Waals surface area (Å²) in [5, 5.41) is 0. The summed E-state index contributed by atoms with van der Waals surface area (Å²) in [4.78, 5) is 0. The maximum absolute atomic E-state index is 3.43. The molecule has 0 aromatic heterocycles. The van der Waals surface area contributed by atoms with Crippen LogP contribution in [0.4, 0.5) is 0 Å². The first-order valence-corrected chi connectivity index (χ1v) is 3.41. The van der Waals surface area contributed by atoms with Crippen molar-refractivity contribution >= 4 is 9.24 Å². The molecule has 0 aliphatic carbocycles. The van der Waals surface area contributed by atoms with E-state index in [0.717, 1.165) is 6.16 Å². The summed E-state index contributed by atoms with van der Waals surface area (Å²) in [6.45, 7) is 6.73. The summed E-state index contributed by atoms with van der Waals surface area (Å²) in [6, 6.07) is 0. The molecular formula is C6H14P. The normalized spacial score (nSPS) is 12.0. The minimum absolute atomic E-state index is 0.502. The van der Waals surface area contributed by atoms with Gasteiger partial charge in [0.25, 0.3) is 0 Å². The summed E-state index contributed by atoms with van der Waals surface area (Å²) in [5.74, 6) is 0. The molecule has 0 N–H and O–H groups in total. The molecule has 0 heterocycles. The van der Waals surface area contributed by atoms with E-state index in [1.54, 1.807) is 0 Å². The van der Waals surface area contributed by atoms with Gasteiger partial charge in [0.15, 0.2) is 0 Å². The molecule has 7 heavy (non-hydrogen) atoms. The molecule has 0 bridgehead atoms. The lowest BCUT2D eigenvalue weighted by Crippen LogP contribution is -2.04. The second kappa shape index (κ2) is 2.67. The molecular weight excluding hydrogens is 103 g/mol. The first-order valence-electron chi connectivity index (χ1n) is 2.71. The van der Waals surface area contributed by atoms with E-state index in [1.807, 2.05) is 0 Å². The van der Waals surface area contributed by atoms with Gasteiger partial charge in [-0.05, 0) is 18.0 Å². The van der Waals surface area contributed by atoms with Crippen molar-refractivity contribution < 1.29 is 0 Å². The highest BCUT2D eigenvalue weighted by Gasteiger charge is 2.06. The largest absolute Gasteiger partial charge is 0.0992 e. The van der Waals surface area contributed by atoms with Crippen LogP contribution in [0, 0.1) is 5.41 Å². The Bertz CT molecular complexity index is 42.6. The van der Waals surface area contributed by atoms with Crippen molar-refractivity contribution in [3.63, 3.8) is 0 Å². The van der Waals surface area contributed by atoms with Crippen LogP contribution >= 0.6 is 9.24 Å². The minimum atomic E-state index is 0.502. The first-order chi connectivity index (χ1) is 3.06. The van der Waals surface area contributed by atoms with E-state index >= 15 is 0 Å². The van der Waals surface area contributed by atoms with Gasteiger partial charge in [0.1, 0.15) is 0 Å². The van der Waals surface area contributed by atoms with Crippen LogP contribution in [0.15, 0.2) is 0 Å². The fourth-order valence-electron chi connectivity index (χ4n) is 0.375. The number of hydrogen-bond acceptors (Lipinski definition) is 0. The smallest absolute Gasteiger partial charge is 0.0312 e. The van der Waals surface area contributed by atoms with Crippen molar-refractivity contribution in [2.45, 2.75) is 27.2 Å². The number of rotatable bonds is 1. The Morgan fingerprint density at radius 3 is 1.71 bits per heavy atom. The topological polar surface area (TPSA) is 0 Å². The van der Waals surface area contributed by atoms with Crippen LogP contribution in [0.25, 0.3) is 0 Å². The Morgan fingerprint density at radius 1 is 1.29 bits per heavy atom. The molecule has 0 fully saturated rings. The third kappa shape index (κ3) is 6.43. The predicted octanol–water partition coefficient (Wildman–Crippen LogP) is 2.57. The molecule has 0 unspecified atom stereocenters. The first kappa shape index (κ1) is 7.43. The lowest BCUT2D eigenvalue weighted by atomic mass is 9.94. The average Bonchev–Trinajstić information content (AvgIpc) is 1.30. The molecule has 0 spiro atoms. The molecule has 0 saturated carbocycles. The Morgan fingerprint density at radius 2 is 1.71 bits per heavy atom. The molecule has 0 aromatic rings. The standard InChI is InChI=1S/C6H14P/c1-6(2,3)4-5-7/h7H,4-5H2,1-3H3. The van der Waals surface area contributed by atoms with Crippen molar-refractivity contribution in [1.29, 1.82) is 0 Å². The van der Waals surface area contributed by atoms with Gasteiger partial charge in [-0.1, -0.05) is 30.0 Å². The van der Waals surface area contributed by atoms with E-state index in [0.29, 0.717) is 5.41 Å². The van der Waals surface area contributed by atoms with E-state index in [2.05, 4.69) is 30.0 Å². The van der Waals surface area contributed by atoms with Gasteiger partial charge in [0.05, 0.1) is 0 Å². The molecule has 43 valence electrons. The van der Waals surface area contributed by atoms with E-state index in [4.69, 9.17) is 0 Å². The molecule has 1 heteroatoms. The van der Waals surface area contributed by atoms with Gasteiger partial charge in [-0.2, -0.15) is 0 Å². The van der Waals surface area contributed by atoms with Gasteiger partial charge >= 0.3 is 0 Å². The molecule has 0 amide bonds. The highest BCUT2D eigenvalue weighted by atomic mass is 31.0. The van der Waals surface area contributed by atoms with E-state index in [9.17, 15) is 0 Å². The second-order valence-electron chi connectivity index (χ2n) is 3.06. The Hall–Kier alpha value is 0.430. The van der Waals surface area contributed by atoms with Crippen molar-refractivity contribution in [1.82, 2.24) is 0 Å². The Labute approximate surface area is 48.9 Å². The van der Waals surface area contributed by atoms with Crippen LogP contribution in [0.1, 0.15) is 27.2 Å². The minimum Gasteiger partial charge on any atom is -0.0992 e. The van der Waals surface area contributed by atoms with Gasteiger partial charge < -0.3 is 0 Å². The highest BCUT2D eigenvalue weighted by Crippen LogP contribution is 2.18. The predicted molar refractivity (Wildman–Crippen MR) is 37.3 cm³/mol. The van der Waals surface area contributed by atoms with Crippen LogP contribution < -0.4 is 0 Å². The van der Waals surface area contributed by atoms with E-state index in [-0.39, 0.29) is 0 Å². The van der Waals surface area contributed by atoms with Crippen molar-refractivity contribution in [3.8, 4) is 0 Å². The third-order valence-electron chi connectivity index (χ3n) is 0.875. The molecule has 0 aliphatic heterocycles. The second-order valence-corrected chi connectivity index (χ2v) is 3.56. The van der Waals surface area contributed by atoms with Crippen LogP contribution in [0.3, 0.4) is 0 Å². The van der Waals surface area contributed by atoms with E-state index < -0.39 is 0 Å². The molecule has 0 aliphatic rings. The Kier molecular flexibility index (Phi) is 2.83. The summed E-state index contributed by atoms with van der Waals surface area (Å²) in [5.41, 5.74) is 0.502. The molecule has 0 aromatic carbocycles. The molecule has 0 nitrogen and oxygen atoms in total. The maximum Gasteiger partial charge on any atom is -0.0312 e. The van der Waals surface area contributed by atoms with Gasteiger partial charge in [-0.3, -0.25) is 0 Å². The van der Waals surface area contributed by atoms with Crippen molar-refractivity contribution in [2.75, 3.05) is 6.16 Å². The summed E-state index contributed by atoms with van der Waals surface area (Å²) in [7, 11) is 3.43. The fourth-order valence-corrected chi connectivity index (χ4v) is 1.12. The van der Waals surface area contributed by atoms with Gasteiger partial charge in [0, 0.05) is 0 Å². The zero-order valence-corrected chi connectivity index (χ0v) is 6.41. The lowest BCUT2D eigenvalue weighted by Gasteiger charge is -2.15. The van der Waals surface area contributed by atoms with Crippen LogP contribution in [0.2, 0.25) is 0 Å². The summed E-state index contributed by atoms with van der Waals surface area (Å²) >= 11 is 0. The molecule has 0 atom stereocenters. The molecule has 0 rings (SSSR count). The van der Waals surface area contributed by atoms with Crippen LogP contribution in [0.5, 0.6) is 0 Å². The Balaban J connectivity index is 3.15. The monoisotopic (exact) mass is 117 g/mol. The van der Waals surface area contributed by atoms with Gasteiger partial charge in [-0.15, -0.1) is 0 Å². The zero-order valence-electron chi connectivity index (χ0n) is 5.41. The van der Waals surface area contributed by atoms with Crippen molar-refractivity contribution in [2.24, 2.45) is 5.41 Å². The van der Waals surface area contributed by atoms with Gasteiger partial charge in [-0.25, -0.2) is 0 Å². The van der Waals surface area contributed by atoms with Gasteiger partial charge in [0.2, 0.25) is 0 Å². The molecule has 1 radical (unpaired) electrons. The summed E-state index contributed by atoms with van der Waals surface area (Å²) < 4.78 is 0. The van der Waals surface area contributed by atoms with Crippen LogP contribution in [-0.2, 0) is 0 Å². The zero-order chi connectivity index (χ0) is 5.91. The quantitative estimate of drug-likeness (QED) is 0.463. The third-order valence-corrected chi connectivity index (χ3v) is 1.12. The average molecular weight is 117 g/mol. The summed E-state index contributed by atoms with van der Waals surface area (Å²) in [6.07, 6.45) is 2.37. The van der Waals surface area contributed by atoms with Crippen LogP contribution in [-0.4, -0.2) is 6.16 Å². The maximum atomic E-state index is 3.43. The fraction of sp³-hybridized carbons (Fsp3) is 1.00. The number of hydrogen-bond donors (Lipinski definition) is 0. The SMILES string of the molecule is CC(C)(C)CC[PH]. The molecule has 0 saturated heterocycles. The van der Waals surface area contributed by atoms with E-state index in [1.165, 1.54) is 6.42 Å².